The number of anilines is 1. The first kappa shape index (κ1) is 13.6. The molecule has 1 amide bonds. The molecule has 0 aliphatic carbocycles. The minimum Gasteiger partial charge on any atom is -0.316 e. The van der Waals surface area contributed by atoms with E-state index in [4.69, 9.17) is 0 Å². The molecule has 3 aromatic rings. The Morgan fingerprint density at radius 3 is 2.52 bits per heavy atom. The zero-order valence-electron chi connectivity index (χ0n) is 11.1. The lowest BCUT2D eigenvalue weighted by Gasteiger charge is -2.06. The van der Waals surface area contributed by atoms with Gasteiger partial charge in [-0.1, -0.05) is 17.4 Å². The number of halogens is 2. The quantitative estimate of drug-likeness (QED) is 0.792. The summed E-state index contributed by atoms with van der Waals surface area (Å²) in [4.78, 5) is 13.1. The van der Waals surface area contributed by atoms with Crippen molar-refractivity contribution in [1.29, 1.82) is 0 Å². The molecule has 1 N–H and O–H groups in total. The fourth-order valence-corrected chi connectivity index (χ4v) is 3.07. The number of benzene rings is 1. The number of carbonyl (C=O) groups is 1. The molecule has 0 atom stereocenters. The van der Waals surface area contributed by atoms with Crippen molar-refractivity contribution in [1.82, 2.24) is 14.6 Å². The maximum absolute atomic E-state index is 13.6. The van der Waals surface area contributed by atoms with Gasteiger partial charge in [0.2, 0.25) is 4.96 Å². The average molecular weight is 308 g/mol. The summed E-state index contributed by atoms with van der Waals surface area (Å²) < 4.78 is 28.8. The number of rotatable bonds is 2. The van der Waals surface area contributed by atoms with Gasteiger partial charge >= 0.3 is 0 Å². The Morgan fingerprint density at radius 1 is 1.24 bits per heavy atom. The van der Waals surface area contributed by atoms with Gasteiger partial charge in [0.25, 0.3) is 5.91 Å². The molecule has 8 heteroatoms. The molecule has 0 bridgehead atoms. The molecule has 0 fully saturated rings. The van der Waals surface area contributed by atoms with Crippen molar-refractivity contribution < 1.29 is 13.6 Å². The first-order valence-electron chi connectivity index (χ1n) is 6.05. The molecule has 108 valence electrons. The summed E-state index contributed by atoms with van der Waals surface area (Å²) in [5.74, 6) is -1.57. The zero-order valence-corrected chi connectivity index (χ0v) is 12.0. The number of thiazole rings is 1. The number of hydrogen-bond donors (Lipinski definition) is 1. The maximum atomic E-state index is 13.6. The second kappa shape index (κ2) is 4.88. The monoisotopic (exact) mass is 308 g/mol. The van der Waals surface area contributed by atoms with Crippen LogP contribution in [-0.2, 0) is 0 Å². The van der Waals surface area contributed by atoms with Gasteiger partial charge in [-0.3, -0.25) is 9.20 Å². The van der Waals surface area contributed by atoms with Crippen LogP contribution in [0.4, 0.5) is 14.5 Å². The fraction of sp³-hybridized carbons (Fsp3) is 0.154. The number of nitrogens with one attached hydrogen (secondary N) is 1. The Labute approximate surface area is 122 Å². The van der Waals surface area contributed by atoms with Crippen molar-refractivity contribution in [3.05, 3.63) is 46.2 Å². The van der Waals surface area contributed by atoms with Gasteiger partial charge in [0.15, 0.2) is 0 Å². The first-order valence-corrected chi connectivity index (χ1v) is 6.87. The van der Waals surface area contributed by atoms with Crippen LogP contribution < -0.4 is 5.32 Å². The molecule has 2 aromatic heterocycles. The molecule has 0 aliphatic heterocycles. The standard InChI is InChI=1S/C13H10F2N4OS/c1-6-11(21-13-18-17-7(2)19(6)13)12(20)16-10-8(14)4-3-5-9(10)15/h3-5H,1-2H3,(H,16,20). The largest absolute Gasteiger partial charge is 0.316 e. The van der Waals surface area contributed by atoms with Gasteiger partial charge in [0.1, 0.15) is 28.0 Å². The highest BCUT2D eigenvalue weighted by Gasteiger charge is 2.20. The normalized spacial score (nSPS) is 11.0. The summed E-state index contributed by atoms with van der Waals surface area (Å²) >= 11 is 1.12. The van der Waals surface area contributed by atoms with Crippen molar-refractivity contribution in [2.75, 3.05) is 5.32 Å². The molecule has 0 radical (unpaired) electrons. The fourth-order valence-electron chi connectivity index (χ4n) is 2.06. The minimum absolute atomic E-state index is 0.339. The van der Waals surface area contributed by atoms with Crippen LogP contribution in [0, 0.1) is 25.5 Å². The second-order valence-electron chi connectivity index (χ2n) is 4.43. The first-order chi connectivity index (χ1) is 9.99. The Hall–Kier alpha value is -2.35. The summed E-state index contributed by atoms with van der Waals surface area (Å²) in [6.45, 7) is 3.49. The lowest BCUT2D eigenvalue weighted by atomic mass is 10.2. The smallest absolute Gasteiger partial charge is 0.267 e. The SMILES string of the molecule is Cc1nnc2sc(C(=O)Nc3c(F)cccc3F)c(C)n12. The topological polar surface area (TPSA) is 59.3 Å². The van der Waals surface area contributed by atoms with Gasteiger partial charge in [-0.25, -0.2) is 8.78 Å². The van der Waals surface area contributed by atoms with Gasteiger partial charge in [0.05, 0.1) is 0 Å². The van der Waals surface area contributed by atoms with E-state index in [-0.39, 0.29) is 0 Å². The number of carbonyl (C=O) groups excluding carboxylic acids is 1. The highest BCUT2D eigenvalue weighted by atomic mass is 32.1. The lowest BCUT2D eigenvalue weighted by molar-refractivity contribution is 0.102. The van der Waals surface area contributed by atoms with Crippen molar-refractivity contribution in [3.8, 4) is 0 Å². The average Bonchev–Trinajstić information content (AvgIpc) is 2.96. The van der Waals surface area contributed by atoms with Crippen molar-refractivity contribution >= 4 is 27.9 Å². The number of amides is 1. The van der Waals surface area contributed by atoms with E-state index >= 15 is 0 Å². The van der Waals surface area contributed by atoms with Gasteiger partial charge in [0, 0.05) is 5.69 Å². The van der Waals surface area contributed by atoms with Crippen LogP contribution in [0.3, 0.4) is 0 Å². The van der Waals surface area contributed by atoms with E-state index in [1.807, 2.05) is 0 Å². The minimum atomic E-state index is -0.819. The third kappa shape index (κ3) is 2.17. The molecule has 0 aliphatic rings. The molecule has 0 saturated carbocycles. The van der Waals surface area contributed by atoms with Gasteiger partial charge in [-0.05, 0) is 26.0 Å². The van der Waals surface area contributed by atoms with Crippen LogP contribution in [-0.4, -0.2) is 20.5 Å². The summed E-state index contributed by atoms with van der Waals surface area (Å²) in [5, 5.41) is 10.1. The molecule has 0 spiro atoms. The molecular formula is C13H10F2N4OS. The van der Waals surface area contributed by atoms with Gasteiger partial charge in [-0.15, -0.1) is 10.2 Å². The van der Waals surface area contributed by atoms with Crippen LogP contribution in [0.2, 0.25) is 0 Å². The molecule has 0 saturated heterocycles. The molecule has 2 heterocycles. The number of aromatic nitrogens is 3. The van der Waals surface area contributed by atoms with E-state index in [9.17, 15) is 13.6 Å². The molecule has 3 rings (SSSR count). The van der Waals surface area contributed by atoms with Crippen molar-refractivity contribution in [3.63, 3.8) is 0 Å². The molecule has 5 nitrogen and oxygen atoms in total. The van der Waals surface area contributed by atoms with E-state index in [2.05, 4.69) is 15.5 Å². The third-order valence-corrected chi connectivity index (χ3v) is 4.19. The molecule has 21 heavy (non-hydrogen) atoms. The predicted octanol–water partition coefficient (Wildman–Crippen LogP) is 2.94. The maximum Gasteiger partial charge on any atom is 0.267 e. The van der Waals surface area contributed by atoms with Crippen LogP contribution >= 0.6 is 11.3 Å². The number of fused-ring (bicyclic) bond motifs is 1. The summed E-state index contributed by atoms with van der Waals surface area (Å²) in [5.41, 5.74) is 0.175. The molecular weight excluding hydrogens is 298 g/mol. The van der Waals surface area contributed by atoms with Crippen molar-refractivity contribution in [2.45, 2.75) is 13.8 Å². The van der Waals surface area contributed by atoms with Gasteiger partial charge < -0.3 is 5.32 Å². The summed E-state index contributed by atoms with van der Waals surface area (Å²) in [7, 11) is 0. The highest BCUT2D eigenvalue weighted by Crippen LogP contribution is 2.25. The van der Waals surface area contributed by atoms with Crippen LogP contribution in [0.5, 0.6) is 0 Å². The Bertz CT molecular complexity index is 835. The second-order valence-corrected chi connectivity index (χ2v) is 5.41. The van der Waals surface area contributed by atoms with E-state index in [1.165, 1.54) is 6.07 Å². The van der Waals surface area contributed by atoms with E-state index in [1.54, 1.807) is 18.2 Å². The zero-order chi connectivity index (χ0) is 15.1. The molecule has 1 aromatic carbocycles. The lowest BCUT2D eigenvalue weighted by Crippen LogP contribution is -2.14. The van der Waals surface area contributed by atoms with Crippen molar-refractivity contribution in [2.24, 2.45) is 0 Å². The summed E-state index contributed by atoms with van der Waals surface area (Å²) in [6.07, 6.45) is 0. The van der Waals surface area contributed by atoms with E-state index in [0.29, 0.717) is 21.4 Å². The van der Waals surface area contributed by atoms with E-state index in [0.717, 1.165) is 23.5 Å². The summed E-state index contributed by atoms with van der Waals surface area (Å²) in [6, 6.07) is 3.40. The number of nitrogens with zero attached hydrogens (tertiary/aromatic N) is 3. The Balaban J connectivity index is 1.99. The molecule has 0 unspecified atom stereocenters. The van der Waals surface area contributed by atoms with E-state index < -0.39 is 23.2 Å². The third-order valence-electron chi connectivity index (χ3n) is 3.06. The van der Waals surface area contributed by atoms with Crippen LogP contribution in [0.1, 0.15) is 21.2 Å². The highest BCUT2D eigenvalue weighted by molar-refractivity contribution is 7.19. The van der Waals surface area contributed by atoms with Crippen LogP contribution in [0.15, 0.2) is 18.2 Å². The van der Waals surface area contributed by atoms with Gasteiger partial charge in [-0.2, -0.15) is 0 Å². The van der Waals surface area contributed by atoms with Crippen LogP contribution in [0.25, 0.3) is 4.96 Å². The number of para-hydroxylation sites is 1. The Kier molecular flexibility index (Phi) is 3.17. The number of hydrogen-bond acceptors (Lipinski definition) is 4. The predicted molar refractivity (Wildman–Crippen MR) is 74.6 cm³/mol. The number of aryl methyl sites for hydroxylation is 2. The Morgan fingerprint density at radius 2 is 1.90 bits per heavy atom.